The Bertz CT molecular complexity index is 1380. The minimum atomic E-state index is -4.43. The van der Waals surface area contributed by atoms with Gasteiger partial charge in [-0.15, -0.1) is 11.6 Å². The van der Waals surface area contributed by atoms with Crippen molar-refractivity contribution in [2.75, 3.05) is 0 Å². The van der Waals surface area contributed by atoms with Gasteiger partial charge in [-0.25, -0.2) is 9.59 Å². The molecule has 0 amide bonds. The number of benzene rings is 2. The van der Waals surface area contributed by atoms with E-state index in [0.29, 0.717) is 6.42 Å². The van der Waals surface area contributed by atoms with Gasteiger partial charge in [-0.1, -0.05) is 64.7 Å². The summed E-state index contributed by atoms with van der Waals surface area (Å²) < 4.78 is 84.5. The molecule has 0 bridgehead atoms. The van der Waals surface area contributed by atoms with Gasteiger partial charge in [0.15, 0.2) is 0 Å². The van der Waals surface area contributed by atoms with Gasteiger partial charge in [-0.05, 0) is 68.8 Å². The van der Waals surface area contributed by atoms with Gasteiger partial charge in [0.2, 0.25) is 0 Å². The van der Waals surface area contributed by atoms with E-state index in [1.807, 2.05) is 0 Å². The van der Waals surface area contributed by atoms with Gasteiger partial charge < -0.3 is 28.0 Å². The molecule has 0 aromatic heterocycles. The van der Waals surface area contributed by atoms with E-state index in [1.54, 1.807) is 13.8 Å². The average Bonchev–Trinajstić information content (AvgIpc) is 2.95. The van der Waals surface area contributed by atoms with Crippen LogP contribution in [0.15, 0.2) is 58.3 Å². The van der Waals surface area contributed by atoms with Crippen LogP contribution in [-0.4, -0.2) is 55.8 Å². The Kier molecular flexibility index (Phi) is 25.7. The molecule has 0 aliphatic heterocycles. The summed E-state index contributed by atoms with van der Waals surface area (Å²) in [6, 6.07) is 8.92. The summed E-state index contributed by atoms with van der Waals surface area (Å²) in [5.41, 5.74) is 0. The zero-order valence-electron chi connectivity index (χ0n) is 30.9. The molecule has 0 fully saturated rings. The van der Waals surface area contributed by atoms with Gasteiger partial charge in [-0.2, -0.15) is 16.8 Å². The zero-order valence-corrected chi connectivity index (χ0v) is 35.3. The zero-order chi connectivity index (χ0) is 34.3. The second-order valence-electron chi connectivity index (χ2n) is 11.0. The summed E-state index contributed by atoms with van der Waals surface area (Å²) in [5, 5.41) is -0.585. The Hall–Kier alpha value is -0.950. The fourth-order valence-corrected chi connectivity index (χ4v) is 6.40. The molecule has 270 valence electrons. The van der Waals surface area contributed by atoms with E-state index < -0.39 is 56.0 Å². The normalized spacial score (nSPS) is 13.6. The number of halogens is 1. The van der Waals surface area contributed by atoms with Gasteiger partial charge in [0.1, 0.15) is 23.7 Å². The van der Waals surface area contributed by atoms with Gasteiger partial charge >= 0.3 is 71.4 Å². The minimum absolute atomic E-state index is 0. The van der Waals surface area contributed by atoms with Crippen LogP contribution >= 0.6 is 11.6 Å². The summed E-state index contributed by atoms with van der Waals surface area (Å²) in [6.07, 6.45) is 6.53. The number of ether oxygens (including phenoxy) is 4. The van der Waals surface area contributed by atoms with Crippen molar-refractivity contribution < 1.29 is 116 Å². The molecule has 0 heterocycles. The Morgan fingerprint density at radius 2 is 1.00 bits per heavy atom. The molecule has 18 heteroatoms. The number of unbranched alkanes of at least 4 members (excludes halogenated alkanes) is 8. The molecule has 3 unspecified atom stereocenters. The van der Waals surface area contributed by atoms with Crippen LogP contribution in [-0.2, 0) is 29.7 Å². The summed E-state index contributed by atoms with van der Waals surface area (Å²) in [5.74, 6) is -0.781. The van der Waals surface area contributed by atoms with E-state index >= 15 is 0 Å². The molecule has 0 spiro atoms. The van der Waals surface area contributed by atoms with Crippen LogP contribution in [0, 0.1) is 5.92 Å². The monoisotopic (exact) mass is 771 g/mol. The number of carbonyl (C=O) groups is 2. The standard InChI is InChI=1S/C31H43ClO12S2.H3N.2Na.2H/c1-4-5-6-7-8-9-10-11-12-13-28(32)29(22(2)41-30(33)43-24-14-18-26(19-15-24)45(35,36)37)23(3)42-31(34)44-25-16-20-27(21-17-25)46(38,39)40;;;;;/h14-23,28-29H,4-13H2,1-3H3,(H,35,36,37)(H,38,39,40);1H3;;;;/q;;2*+1;2*-1. The smallest absolute Gasteiger partial charge is 1.00 e. The molecule has 0 aliphatic carbocycles. The predicted octanol–water partition coefficient (Wildman–Crippen LogP) is 2.23. The molecule has 0 radical (unpaired) electrons. The summed E-state index contributed by atoms with van der Waals surface area (Å²) in [6.45, 7) is 5.32. The van der Waals surface area contributed by atoms with E-state index in [1.165, 1.54) is 56.4 Å². The molecular formula is C31H48ClNNa2O12S2. The first-order chi connectivity index (χ1) is 21.6. The summed E-state index contributed by atoms with van der Waals surface area (Å²) in [7, 11) is -8.85. The van der Waals surface area contributed by atoms with Crippen molar-refractivity contribution in [2.24, 2.45) is 5.92 Å². The topological polar surface area (TPSA) is 215 Å². The van der Waals surface area contributed by atoms with Crippen LogP contribution < -0.4 is 74.7 Å². The molecular weight excluding hydrogens is 724 g/mol. The minimum Gasteiger partial charge on any atom is -1.00 e. The number of rotatable bonds is 19. The average molecular weight is 772 g/mol. The third kappa shape index (κ3) is 19.5. The largest absolute Gasteiger partial charge is 1.00 e. The molecule has 5 N–H and O–H groups in total. The van der Waals surface area contributed by atoms with Gasteiger partial charge in [0, 0.05) is 11.3 Å². The molecule has 0 saturated carbocycles. The van der Waals surface area contributed by atoms with Crippen molar-refractivity contribution in [1.82, 2.24) is 6.15 Å². The fraction of sp³-hybridized carbons (Fsp3) is 0.548. The van der Waals surface area contributed by atoms with Crippen LogP contribution in [0.5, 0.6) is 11.5 Å². The van der Waals surface area contributed by atoms with Crippen molar-refractivity contribution in [3.8, 4) is 11.5 Å². The Morgan fingerprint density at radius 3 is 1.33 bits per heavy atom. The Balaban J connectivity index is -0.00000221. The fourth-order valence-electron chi connectivity index (χ4n) is 4.87. The van der Waals surface area contributed by atoms with Crippen LogP contribution in [0.3, 0.4) is 0 Å². The molecule has 2 aromatic rings. The molecule has 3 atom stereocenters. The SMILES string of the molecule is CCCCCCCCCCCC(Cl)C(C(C)OC(=O)Oc1ccc(S(=O)(=O)O)cc1)C(C)OC(=O)Oc1ccc(S(=O)(=O)O)cc1.N.[H-].[H-].[Na+].[Na+]. The van der Waals surface area contributed by atoms with Crippen molar-refractivity contribution in [3.05, 3.63) is 48.5 Å². The van der Waals surface area contributed by atoms with Crippen LogP contribution in [0.25, 0.3) is 0 Å². The van der Waals surface area contributed by atoms with E-state index in [2.05, 4.69) is 6.92 Å². The second-order valence-corrected chi connectivity index (χ2v) is 14.4. The predicted molar refractivity (Wildman–Crippen MR) is 178 cm³/mol. The van der Waals surface area contributed by atoms with Crippen molar-refractivity contribution in [2.45, 2.75) is 112 Å². The third-order valence-electron chi connectivity index (χ3n) is 7.29. The molecule has 0 saturated heterocycles. The molecule has 2 rings (SSSR count). The first-order valence-electron chi connectivity index (χ1n) is 15.2. The quantitative estimate of drug-likeness (QED) is 0.0467. The van der Waals surface area contributed by atoms with Gasteiger partial charge in [0.25, 0.3) is 20.2 Å². The van der Waals surface area contributed by atoms with E-state index in [-0.39, 0.29) is 89.4 Å². The first-order valence-corrected chi connectivity index (χ1v) is 18.5. The van der Waals surface area contributed by atoms with E-state index in [0.717, 1.165) is 49.9 Å². The summed E-state index contributed by atoms with van der Waals surface area (Å²) >= 11 is 6.82. The first kappa shape index (κ1) is 50.2. The molecule has 13 nitrogen and oxygen atoms in total. The van der Waals surface area contributed by atoms with E-state index in [9.17, 15) is 26.4 Å². The maximum atomic E-state index is 12.6. The summed E-state index contributed by atoms with van der Waals surface area (Å²) in [4.78, 5) is 24.4. The molecule has 0 aliphatic rings. The van der Waals surface area contributed by atoms with Crippen molar-refractivity contribution in [1.29, 1.82) is 0 Å². The van der Waals surface area contributed by atoms with E-state index in [4.69, 9.17) is 39.7 Å². The second kappa shape index (κ2) is 25.1. The third-order valence-corrected chi connectivity index (χ3v) is 9.54. The maximum Gasteiger partial charge on any atom is 1.00 e. The maximum absolute atomic E-state index is 12.6. The van der Waals surface area contributed by atoms with Gasteiger partial charge in [-0.3, -0.25) is 9.11 Å². The molecule has 49 heavy (non-hydrogen) atoms. The van der Waals surface area contributed by atoms with Crippen molar-refractivity contribution >= 4 is 44.1 Å². The number of carbonyl (C=O) groups excluding carboxylic acids is 2. The number of alkyl halides is 1. The number of hydrogen-bond donors (Lipinski definition) is 3. The van der Waals surface area contributed by atoms with Crippen molar-refractivity contribution in [3.63, 3.8) is 0 Å². The van der Waals surface area contributed by atoms with Crippen LogP contribution in [0.2, 0.25) is 0 Å². The van der Waals surface area contributed by atoms with Gasteiger partial charge in [0.05, 0.1) is 9.79 Å². The van der Waals surface area contributed by atoms with Crippen LogP contribution in [0.1, 0.15) is 87.8 Å². The Morgan fingerprint density at radius 1 is 0.673 bits per heavy atom. The molecule has 2 aromatic carbocycles. The van der Waals surface area contributed by atoms with Crippen LogP contribution in [0.4, 0.5) is 9.59 Å². The Labute approximate surface area is 342 Å². The number of hydrogen-bond acceptors (Lipinski definition) is 11.